The molecule has 180 valence electrons. The van der Waals surface area contributed by atoms with Crippen LogP contribution in [0.15, 0.2) is 24.3 Å². The standard InChI is InChI=1S/C24H32N2O6S/c1-4-31-20-8-6-5-7-18(20)15(2)11-22(29)25-23-16(3)19-9-10-26(12-21(19)33-23)24(30)32-14-17(28)13-27/h5-8,15,17,27-28H,4,9-14H2,1-3H3,(H,25,29). The fourth-order valence-electron chi connectivity index (χ4n) is 3.89. The van der Waals surface area contributed by atoms with Crippen LogP contribution < -0.4 is 10.1 Å². The molecule has 1 aromatic heterocycles. The molecule has 2 amide bonds. The van der Waals surface area contributed by atoms with Gasteiger partial charge in [0.2, 0.25) is 5.91 Å². The van der Waals surface area contributed by atoms with Crippen molar-refractivity contribution in [3.63, 3.8) is 0 Å². The molecule has 2 unspecified atom stereocenters. The Bertz CT molecular complexity index is 976. The summed E-state index contributed by atoms with van der Waals surface area (Å²) in [6.45, 7) is 6.71. The van der Waals surface area contributed by atoms with Crippen molar-refractivity contribution in [2.75, 3.05) is 31.7 Å². The van der Waals surface area contributed by atoms with E-state index in [0.29, 0.717) is 32.5 Å². The lowest BCUT2D eigenvalue weighted by molar-refractivity contribution is -0.116. The number of benzene rings is 1. The number of thiophene rings is 1. The van der Waals surface area contributed by atoms with Crippen molar-refractivity contribution in [1.82, 2.24) is 4.90 Å². The number of nitrogens with one attached hydrogen (secondary N) is 1. The molecule has 3 N–H and O–H groups in total. The Morgan fingerprint density at radius 1 is 1.30 bits per heavy atom. The fourth-order valence-corrected chi connectivity index (χ4v) is 5.17. The Morgan fingerprint density at radius 3 is 2.79 bits per heavy atom. The van der Waals surface area contributed by atoms with Gasteiger partial charge in [0, 0.05) is 17.8 Å². The zero-order valence-corrected chi connectivity index (χ0v) is 20.1. The first-order chi connectivity index (χ1) is 15.8. The van der Waals surface area contributed by atoms with Crippen LogP contribution in [0.4, 0.5) is 9.80 Å². The van der Waals surface area contributed by atoms with E-state index >= 15 is 0 Å². The van der Waals surface area contributed by atoms with Crippen molar-refractivity contribution in [2.24, 2.45) is 0 Å². The topological polar surface area (TPSA) is 108 Å². The molecule has 1 aromatic carbocycles. The lowest BCUT2D eigenvalue weighted by Crippen LogP contribution is -2.37. The number of nitrogens with zero attached hydrogens (tertiary/aromatic N) is 1. The third-order valence-electron chi connectivity index (χ3n) is 5.68. The number of amides is 2. The summed E-state index contributed by atoms with van der Waals surface area (Å²) in [6.07, 6.45) is -0.601. The monoisotopic (exact) mass is 476 g/mol. The van der Waals surface area contributed by atoms with E-state index < -0.39 is 18.8 Å². The number of hydrogen-bond acceptors (Lipinski definition) is 7. The van der Waals surface area contributed by atoms with Crippen LogP contribution in [0.2, 0.25) is 0 Å². The highest BCUT2D eigenvalue weighted by Gasteiger charge is 2.27. The maximum atomic E-state index is 12.8. The van der Waals surface area contributed by atoms with Crippen molar-refractivity contribution in [2.45, 2.75) is 52.2 Å². The summed E-state index contributed by atoms with van der Waals surface area (Å²) in [5.41, 5.74) is 3.20. The van der Waals surface area contributed by atoms with Crippen molar-refractivity contribution in [1.29, 1.82) is 0 Å². The van der Waals surface area contributed by atoms with E-state index in [2.05, 4.69) is 5.32 Å². The largest absolute Gasteiger partial charge is 0.494 e. The average molecular weight is 477 g/mol. The van der Waals surface area contributed by atoms with Crippen LogP contribution in [-0.4, -0.2) is 59.6 Å². The van der Waals surface area contributed by atoms with Gasteiger partial charge in [-0.15, -0.1) is 11.3 Å². The molecule has 9 heteroatoms. The van der Waals surface area contributed by atoms with Crippen molar-refractivity contribution >= 4 is 28.3 Å². The van der Waals surface area contributed by atoms with Crippen LogP contribution in [0.3, 0.4) is 0 Å². The highest BCUT2D eigenvalue weighted by Crippen LogP contribution is 2.37. The summed E-state index contributed by atoms with van der Waals surface area (Å²) in [5.74, 6) is 0.744. The van der Waals surface area contributed by atoms with Gasteiger partial charge in [0.15, 0.2) is 0 Å². The Balaban J connectivity index is 1.61. The maximum Gasteiger partial charge on any atom is 0.410 e. The van der Waals surface area contributed by atoms with Gasteiger partial charge in [-0.1, -0.05) is 25.1 Å². The van der Waals surface area contributed by atoms with Gasteiger partial charge in [0.1, 0.15) is 18.5 Å². The normalized spacial score (nSPS) is 14.9. The van der Waals surface area contributed by atoms with E-state index in [9.17, 15) is 14.7 Å². The van der Waals surface area contributed by atoms with E-state index in [1.807, 2.05) is 45.0 Å². The van der Waals surface area contributed by atoms with E-state index in [-0.39, 0.29) is 18.4 Å². The Morgan fingerprint density at radius 2 is 2.06 bits per heavy atom. The number of para-hydroxylation sites is 1. The number of rotatable bonds is 9. The first-order valence-electron chi connectivity index (χ1n) is 11.2. The van der Waals surface area contributed by atoms with Crippen LogP contribution in [0.5, 0.6) is 5.75 Å². The molecule has 33 heavy (non-hydrogen) atoms. The zero-order chi connectivity index (χ0) is 24.0. The second kappa shape index (κ2) is 11.5. The summed E-state index contributed by atoms with van der Waals surface area (Å²) in [5, 5.41) is 22.1. The summed E-state index contributed by atoms with van der Waals surface area (Å²) in [4.78, 5) is 27.7. The van der Waals surface area contributed by atoms with Gasteiger partial charge in [-0.25, -0.2) is 4.79 Å². The Hall–Kier alpha value is -2.62. The molecule has 0 aliphatic carbocycles. The third kappa shape index (κ3) is 6.25. The first kappa shape index (κ1) is 25.0. The SMILES string of the molecule is CCOc1ccccc1C(C)CC(=O)Nc1sc2c(c1C)CCN(C(=O)OCC(O)CO)C2. The number of ether oxygens (including phenoxy) is 2. The minimum Gasteiger partial charge on any atom is -0.494 e. The molecule has 0 bridgehead atoms. The number of fused-ring (bicyclic) bond motifs is 1. The average Bonchev–Trinajstić information content (AvgIpc) is 3.11. The zero-order valence-electron chi connectivity index (χ0n) is 19.3. The molecule has 0 saturated heterocycles. The van der Waals surface area contributed by atoms with E-state index in [4.69, 9.17) is 14.6 Å². The van der Waals surface area contributed by atoms with Gasteiger partial charge in [-0.05, 0) is 48.9 Å². The van der Waals surface area contributed by atoms with Crippen LogP contribution in [0.1, 0.15) is 47.8 Å². The van der Waals surface area contributed by atoms with Crippen molar-refractivity contribution in [3.05, 3.63) is 45.8 Å². The number of aliphatic hydroxyl groups is 2. The van der Waals surface area contributed by atoms with Crippen LogP contribution in [0, 0.1) is 6.92 Å². The van der Waals surface area contributed by atoms with Crippen molar-refractivity contribution < 1.29 is 29.3 Å². The molecular weight excluding hydrogens is 444 g/mol. The third-order valence-corrected chi connectivity index (χ3v) is 6.92. The highest BCUT2D eigenvalue weighted by atomic mass is 32.1. The molecule has 0 spiro atoms. The summed E-state index contributed by atoms with van der Waals surface area (Å²) < 4.78 is 10.8. The molecule has 8 nitrogen and oxygen atoms in total. The van der Waals surface area contributed by atoms with Gasteiger partial charge in [-0.2, -0.15) is 0 Å². The first-order valence-corrected chi connectivity index (χ1v) is 12.0. The molecule has 2 atom stereocenters. The van der Waals surface area contributed by atoms with E-state index in [1.165, 1.54) is 11.3 Å². The minimum atomic E-state index is -1.08. The second-order valence-corrected chi connectivity index (χ2v) is 9.27. The number of carbonyl (C=O) groups is 2. The fraction of sp³-hybridized carbons (Fsp3) is 0.500. The predicted octanol–water partition coefficient (Wildman–Crippen LogP) is 3.44. The summed E-state index contributed by atoms with van der Waals surface area (Å²) in [6, 6.07) is 7.79. The van der Waals surface area contributed by atoms with Gasteiger partial charge in [0.25, 0.3) is 0 Å². The molecule has 1 aliphatic heterocycles. The molecule has 1 aliphatic rings. The predicted molar refractivity (Wildman–Crippen MR) is 127 cm³/mol. The van der Waals surface area contributed by atoms with Gasteiger partial charge in [0.05, 0.1) is 24.8 Å². The minimum absolute atomic E-state index is 0.00201. The summed E-state index contributed by atoms with van der Waals surface area (Å²) >= 11 is 1.48. The smallest absolute Gasteiger partial charge is 0.410 e. The quantitative estimate of drug-likeness (QED) is 0.512. The molecule has 0 saturated carbocycles. The number of aliphatic hydroxyl groups excluding tert-OH is 2. The molecule has 2 heterocycles. The maximum absolute atomic E-state index is 12.8. The highest BCUT2D eigenvalue weighted by molar-refractivity contribution is 7.16. The molecule has 0 radical (unpaired) electrons. The van der Waals surface area contributed by atoms with Gasteiger partial charge >= 0.3 is 6.09 Å². The van der Waals surface area contributed by atoms with Crippen molar-refractivity contribution in [3.8, 4) is 5.75 Å². The Labute approximate surface area is 198 Å². The number of anilines is 1. The number of hydrogen-bond donors (Lipinski definition) is 3. The van der Waals surface area contributed by atoms with E-state index in [1.54, 1.807) is 4.90 Å². The number of carbonyl (C=O) groups excluding carboxylic acids is 2. The van der Waals surface area contributed by atoms with E-state index in [0.717, 1.165) is 32.3 Å². The van der Waals surface area contributed by atoms with Gasteiger partial charge < -0.3 is 29.9 Å². The van der Waals surface area contributed by atoms with Crippen LogP contribution >= 0.6 is 11.3 Å². The second-order valence-electron chi connectivity index (χ2n) is 8.17. The molecule has 0 fully saturated rings. The molecular formula is C24H32N2O6S. The molecule has 2 aromatic rings. The summed E-state index contributed by atoms with van der Waals surface area (Å²) in [7, 11) is 0. The van der Waals surface area contributed by atoms with Crippen LogP contribution in [-0.2, 0) is 22.5 Å². The Kier molecular flexibility index (Phi) is 8.71. The van der Waals surface area contributed by atoms with Gasteiger partial charge in [-0.3, -0.25) is 4.79 Å². The lowest BCUT2D eigenvalue weighted by atomic mass is 9.96. The molecule has 3 rings (SSSR count). The lowest BCUT2D eigenvalue weighted by Gasteiger charge is -2.26. The van der Waals surface area contributed by atoms with Crippen LogP contribution in [0.25, 0.3) is 0 Å².